The number of fused-ring (bicyclic) bond motifs is 1. The molecule has 3 nitrogen and oxygen atoms in total. The minimum atomic E-state index is -0.651. The average Bonchev–Trinajstić information content (AvgIpc) is 2.85. The third-order valence-corrected chi connectivity index (χ3v) is 4.35. The Morgan fingerprint density at radius 2 is 2.11 bits per heavy atom. The number of piperidine rings is 1. The normalized spacial score (nSPS) is 26.9. The molecule has 96 valence electrons. The van der Waals surface area contributed by atoms with Gasteiger partial charge in [0.05, 0.1) is 5.92 Å². The summed E-state index contributed by atoms with van der Waals surface area (Å²) >= 11 is 0. The SMILES string of the molecule is O=C(O)C1CCNCC1c1ccc2c(c1)CCC2. The summed E-state index contributed by atoms with van der Waals surface area (Å²) in [5.74, 6) is -0.755. The highest BCUT2D eigenvalue weighted by atomic mass is 16.4. The Kier molecular flexibility index (Phi) is 3.08. The summed E-state index contributed by atoms with van der Waals surface area (Å²) in [7, 11) is 0. The maximum absolute atomic E-state index is 11.3. The number of aryl methyl sites for hydroxylation is 2. The van der Waals surface area contributed by atoms with Crippen molar-refractivity contribution in [2.45, 2.75) is 31.6 Å². The Labute approximate surface area is 107 Å². The van der Waals surface area contributed by atoms with Gasteiger partial charge in [-0.15, -0.1) is 0 Å². The van der Waals surface area contributed by atoms with Crippen LogP contribution in [-0.2, 0) is 17.6 Å². The first-order chi connectivity index (χ1) is 8.75. The summed E-state index contributed by atoms with van der Waals surface area (Å²) in [6.45, 7) is 1.61. The van der Waals surface area contributed by atoms with Gasteiger partial charge in [0.25, 0.3) is 0 Å². The van der Waals surface area contributed by atoms with Crippen LogP contribution < -0.4 is 5.32 Å². The standard InChI is InChI=1S/C15H19NO2/c17-15(18)13-6-7-16-9-14(13)12-5-4-10-2-1-3-11(10)8-12/h4-5,8,13-14,16H,1-3,6-7,9H2,(H,17,18). The van der Waals surface area contributed by atoms with Crippen LogP contribution in [0.5, 0.6) is 0 Å². The van der Waals surface area contributed by atoms with Crippen LogP contribution in [-0.4, -0.2) is 24.2 Å². The highest BCUT2D eigenvalue weighted by Gasteiger charge is 2.32. The fourth-order valence-electron chi connectivity index (χ4n) is 3.33. The zero-order chi connectivity index (χ0) is 12.5. The number of rotatable bonds is 2. The molecule has 3 heteroatoms. The van der Waals surface area contributed by atoms with Gasteiger partial charge in [0, 0.05) is 12.5 Å². The highest BCUT2D eigenvalue weighted by molar-refractivity contribution is 5.71. The second-order valence-corrected chi connectivity index (χ2v) is 5.43. The van der Waals surface area contributed by atoms with Crippen molar-refractivity contribution >= 4 is 5.97 Å². The van der Waals surface area contributed by atoms with Crippen LogP contribution in [0, 0.1) is 5.92 Å². The Bertz CT molecular complexity index is 470. The number of benzene rings is 1. The molecule has 2 unspecified atom stereocenters. The van der Waals surface area contributed by atoms with E-state index in [0.717, 1.165) is 25.9 Å². The Morgan fingerprint density at radius 3 is 2.94 bits per heavy atom. The fourth-order valence-corrected chi connectivity index (χ4v) is 3.33. The summed E-state index contributed by atoms with van der Waals surface area (Å²) in [6.07, 6.45) is 4.31. The first-order valence-corrected chi connectivity index (χ1v) is 6.81. The van der Waals surface area contributed by atoms with Gasteiger partial charge in [-0.25, -0.2) is 0 Å². The Hall–Kier alpha value is -1.35. The molecule has 1 aliphatic heterocycles. The van der Waals surface area contributed by atoms with Crippen molar-refractivity contribution in [3.05, 3.63) is 34.9 Å². The fraction of sp³-hybridized carbons (Fsp3) is 0.533. The zero-order valence-electron chi connectivity index (χ0n) is 10.5. The lowest BCUT2D eigenvalue weighted by molar-refractivity contribution is -0.143. The monoisotopic (exact) mass is 245 g/mol. The third kappa shape index (κ3) is 2.03. The summed E-state index contributed by atoms with van der Waals surface area (Å²) in [5.41, 5.74) is 4.09. The summed E-state index contributed by atoms with van der Waals surface area (Å²) in [4.78, 5) is 11.3. The van der Waals surface area contributed by atoms with Gasteiger partial charge in [-0.3, -0.25) is 4.79 Å². The molecule has 0 bridgehead atoms. The van der Waals surface area contributed by atoms with Crippen molar-refractivity contribution < 1.29 is 9.90 Å². The molecule has 2 N–H and O–H groups in total. The van der Waals surface area contributed by atoms with E-state index in [1.54, 1.807) is 0 Å². The maximum atomic E-state index is 11.3. The molecule has 1 fully saturated rings. The van der Waals surface area contributed by atoms with Crippen LogP contribution in [0.4, 0.5) is 0 Å². The molecule has 3 rings (SSSR count). The molecule has 0 radical (unpaired) electrons. The molecule has 2 atom stereocenters. The van der Waals surface area contributed by atoms with Crippen molar-refractivity contribution in [2.75, 3.05) is 13.1 Å². The van der Waals surface area contributed by atoms with Gasteiger partial charge in [-0.05, 0) is 48.9 Å². The molecule has 1 aliphatic carbocycles. The molecule has 0 spiro atoms. The van der Waals surface area contributed by atoms with E-state index < -0.39 is 5.97 Å². The minimum absolute atomic E-state index is 0.127. The molecule has 0 amide bonds. The van der Waals surface area contributed by atoms with Gasteiger partial charge in [-0.2, -0.15) is 0 Å². The van der Waals surface area contributed by atoms with Crippen LogP contribution in [0.25, 0.3) is 0 Å². The van der Waals surface area contributed by atoms with Crippen LogP contribution in [0.2, 0.25) is 0 Å². The lowest BCUT2D eigenvalue weighted by atomic mass is 9.81. The molecule has 0 saturated carbocycles. The van der Waals surface area contributed by atoms with E-state index in [2.05, 4.69) is 23.5 Å². The summed E-state index contributed by atoms with van der Waals surface area (Å²) < 4.78 is 0. The van der Waals surface area contributed by atoms with Gasteiger partial charge in [0.2, 0.25) is 0 Å². The first kappa shape index (κ1) is 11.7. The van der Waals surface area contributed by atoms with Crippen LogP contribution >= 0.6 is 0 Å². The smallest absolute Gasteiger partial charge is 0.307 e. The quantitative estimate of drug-likeness (QED) is 0.837. The van der Waals surface area contributed by atoms with E-state index >= 15 is 0 Å². The van der Waals surface area contributed by atoms with Crippen LogP contribution in [0.15, 0.2) is 18.2 Å². The lowest BCUT2D eigenvalue weighted by Gasteiger charge is -2.30. The van der Waals surface area contributed by atoms with Gasteiger partial charge in [0.15, 0.2) is 0 Å². The Morgan fingerprint density at radius 1 is 1.28 bits per heavy atom. The van der Waals surface area contributed by atoms with E-state index in [0.29, 0.717) is 0 Å². The second kappa shape index (κ2) is 4.73. The van der Waals surface area contributed by atoms with Gasteiger partial charge in [0.1, 0.15) is 0 Å². The number of carboxylic acid groups (broad SMARTS) is 1. The lowest BCUT2D eigenvalue weighted by Crippen LogP contribution is -2.38. The van der Waals surface area contributed by atoms with Crippen molar-refractivity contribution in [3.8, 4) is 0 Å². The molecule has 0 aromatic heterocycles. The summed E-state index contributed by atoms with van der Waals surface area (Å²) in [6, 6.07) is 6.58. The van der Waals surface area contributed by atoms with E-state index in [4.69, 9.17) is 0 Å². The van der Waals surface area contributed by atoms with E-state index in [1.807, 2.05) is 0 Å². The molecular weight excluding hydrogens is 226 g/mol. The van der Waals surface area contributed by atoms with Gasteiger partial charge >= 0.3 is 5.97 Å². The van der Waals surface area contributed by atoms with E-state index in [1.165, 1.54) is 29.5 Å². The topological polar surface area (TPSA) is 49.3 Å². The van der Waals surface area contributed by atoms with Gasteiger partial charge in [-0.1, -0.05) is 18.2 Å². The van der Waals surface area contributed by atoms with Crippen molar-refractivity contribution in [1.29, 1.82) is 0 Å². The largest absolute Gasteiger partial charge is 0.481 e. The van der Waals surface area contributed by atoms with E-state index in [9.17, 15) is 9.90 Å². The Balaban J connectivity index is 1.90. The number of carbonyl (C=O) groups is 1. The second-order valence-electron chi connectivity index (χ2n) is 5.43. The maximum Gasteiger partial charge on any atom is 0.307 e. The predicted molar refractivity (Wildman–Crippen MR) is 69.8 cm³/mol. The van der Waals surface area contributed by atoms with E-state index in [-0.39, 0.29) is 11.8 Å². The van der Waals surface area contributed by atoms with Crippen LogP contribution in [0.1, 0.15) is 35.4 Å². The first-order valence-electron chi connectivity index (χ1n) is 6.81. The number of hydrogen-bond acceptors (Lipinski definition) is 2. The zero-order valence-corrected chi connectivity index (χ0v) is 10.5. The number of aliphatic carboxylic acids is 1. The van der Waals surface area contributed by atoms with Crippen molar-refractivity contribution in [2.24, 2.45) is 5.92 Å². The molecule has 1 heterocycles. The molecule has 1 aromatic rings. The molecular formula is C15H19NO2. The molecule has 1 aromatic carbocycles. The third-order valence-electron chi connectivity index (χ3n) is 4.35. The van der Waals surface area contributed by atoms with Crippen molar-refractivity contribution in [1.82, 2.24) is 5.32 Å². The number of carboxylic acids is 1. The highest BCUT2D eigenvalue weighted by Crippen LogP contribution is 2.32. The molecule has 18 heavy (non-hydrogen) atoms. The number of nitrogens with one attached hydrogen (secondary N) is 1. The summed E-state index contributed by atoms with van der Waals surface area (Å²) in [5, 5.41) is 12.7. The average molecular weight is 245 g/mol. The molecule has 2 aliphatic rings. The minimum Gasteiger partial charge on any atom is -0.481 e. The molecule has 1 saturated heterocycles. The van der Waals surface area contributed by atoms with Crippen LogP contribution in [0.3, 0.4) is 0 Å². The number of hydrogen-bond donors (Lipinski definition) is 2. The van der Waals surface area contributed by atoms with Gasteiger partial charge < -0.3 is 10.4 Å². The predicted octanol–water partition coefficient (Wildman–Crippen LogP) is 1.95. The van der Waals surface area contributed by atoms with Crippen molar-refractivity contribution in [3.63, 3.8) is 0 Å².